The highest BCUT2D eigenvalue weighted by Crippen LogP contribution is 2.28. The number of hydrogen-bond acceptors (Lipinski definition) is 6. The van der Waals surface area contributed by atoms with E-state index < -0.39 is 0 Å². The molecule has 4 rings (SSSR count). The molecule has 2 aromatic heterocycles. The van der Waals surface area contributed by atoms with Crippen molar-refractivity contribution in [3.8, 4) is 17.0 Å². The number of halogens is 2. The standard InChI is InChI=1S/C22H16Cl2N4O2S/c23-15-1-6-20(18(24)11-15)30-12-21(29)26-16-2-4-17(5-3-16)27-22-28-19(13-31-22)14-7-9-25-10-8-14/h1-11,13H,12H2,(H,26,29)(H,27,28). The third-order valence-electron chi connectivity index (χ3n) is 4.15. The van der Waals surface area contributed by atoms with E-state index in [0.717, 1.165) is 22.1 Å². The average Bonchev–Trinajstić information content (AvgIpc) is 3.24. The number of anilines is 3. The van der Waals surface area contributed by atoms with Gasteiger partial charge in [-0.15, -0.1) is 11.3 Å². The van der Waals surface area contributed by atoms with Crippen molar-refractivity contribution in [3.63, 3.8) is 0 Å². The molecule has 0 radical (unpaired) electrons. The molecule has 2 heterocycles. The second kappa shape index (κ2) is 9.78. The van der Waals surface area contributed by atoms with Gasteiger partial charge in [-0.3, -0.25) is 9.78 Å². The number of aromatic nitrogens is 2. The van der Waals surface area contributed by atoms with Gasteiger partial charge in [0, 0.05) is 39.7 Å². The van der Waals surface area contributed by atoms with Crippen molar-refractivity contribution in [2.75, 3.05) is 17.2 Å². The molecule has 0 aliphatic heterocycles. The van der Waals surface area contributed by atoms with Gasteiger partial charge in [-0.25, -0.2) is 4.98 Å². The highest BCUT2D eigenvalue weighted by Gasteiger charge is 2.08. The van der Waals surface area contributed by atoms with Gasteiger partial charge >= 0.3 is 0 Å². The van der Waals surface area contributed by atoms with Gasteiger partial charge in [0.2, 0.25) is 0 Å². The lowest BCUT2D eigenvalue weighted by molar-refractivity contribution is -0.118. The van der Waals surface area contributed by atoms with Crippen molar-refractivity contribution < 1.29 is 9.53 Å². The molecule has 0 saturated carbocycles. The summed E-state index contributed by atoms with van der Waals surface area (Å²) >= 11 is 13.4. The molecular weight excluding hydrogens is 455 g/mol. The Balaban J connectivity index is 1.31. The largest absolute Gasteiger partial charge is 0.482 e. The minimum absolute atomic E-state index is 0.168. The fraction of sp³-hybridized carbons (Fsp3) is 0.0455. The summed E-state index contributed by atoms with van der Waals surface area (Å²) in [6.07, 6.45) is 3.48. The number of carbonyl (C=O) groups is 1. The van der Waals surface area contributed by atoms with Crippen molar-refractivity contribution in [2.45, 2.75) is 0 Å². The molecular formula is C22H16Cl2N4O2S. The molecule has 9 heteroatoms. The fourth-order valence-electron chi connectivity index (χ4n) is 2.68. The Morgan fingerprint density at radius 2 is 1.74 bits per heavy atom. The van der Waals surface area contributed by atoms with Crippen LogP contribution in [-0.2, 0) is 4.79 Å². The molecule has 0 unspecified atom stereocenters. The van der Waals surface area contributed by atoms with Gasteiger partial charge in [-0.1, -0.05) is 23.2 Å². The summed E-state index contributed by atoms with van der Waals surface area (Å²) in [5, 5.41) is 9.65. The number of hydrogen-bond donors (Lipinski definition) is 2. The predicted molar refractivity (Wildman–Crippen MR) is 126 cm³/mol. The van der Waals surface area contributed by atoms with Gasteiger partial charge in [-0.2, -0.15) is 0 Å². The minimum atomic E-state index is -0.298. The Morgan fingerprint density at radius 3 is 2.48 bits per heavy atom. The van der Waals surface area contributed by atoms with E-state index in [0.29, 0.717) is 21.5 Å². The van der Waals surface area contributed by atoms with Crippen LogP contribution in [-0.4, -0.2) is 22.5 Å². The summed E-state index contributed by atoms with van der Waals surface area (Å²) in [6.45, 7) is -0.168. The first-order valence-corrected chi connectivity index (χ1v) is 10.8. The van der Waals surface area contributed by atoms with Crippen LogP contribution in [0, 0.1) is 0 Å². The van der Waals surface area contributed by atoms with Crippen molar-refractivity contribution in [1.29, 1.82) is 0 Å². The number of thiazole rings is 1. The topological polar surface area (TPSA) is 76.1 Å². The molecule has 6 nitrogen and oxygen atoms in total. The number of nitrogens with one attached hydrogen (secondary N) is 2. The van der Waals surface area contributed by atoms with Gasteiger partial charge in [0.15, 0.2) is 11.7 Å². The lowest BCUT2D eigenvalue weighted by atomic mass is 10.2. The third-order valence-corrected chi connectivity index (χ3v) is 5.44. The van der Waals surface area contributed by atoms with Crippen molar-refractivity contribution in [2.24, 2.45) is 0 Å². The predicted octanol–water partition coefficient (Wildman–Crippen LogP) is 6.27. The molecule has 2 aromatic carbocycles. The summed E-state index contributed by atoms with van der Waals surface area (Å²) in [5.74, 6) is 0.101. The number of nitrogens with zero attached hydrogens (tertiary/aromatic N) is 2. The maximum atomic E-state index is 12.1. The first-order chi connectivity index (χ1) is 15.1. The number of carbonyl (C=O) groups excluding carboxylic acids is 1. The summed E-state index contributed by atoms with van der Waals surface area (Å²) in [4.78, 5) is 20.7. The zero-order valence-corrected chi connectivity index (χ0v) is 18.3. The summed E-state index contributed by atoms with van der Waals surface area (Å²) < 4.78 is 5.44. The molecule has 0 aliphatic carbocycles. The lowest BCUT2D eigenvalue weighted by Gasteiger charge is -2.09. The van der Waals surface area contributed by atoms with E-state index in [1.54, 1.807) is 42.7 Å². The number of amides is 1. The van der Waals surface area contributed by atoms with E-state index in [1.165, 1.54) is 11.3 Å². The number of rotatable bonds is 7. The first-order valence-electron chi connectivity index (χ1n) is 9.17. The average molecular weight is 471 g/mol. The van der Waals surface area contributed by atoms with E-state index in [2.05, 4.69) is 20.6 Å². The van der Waals surface area contributed by atoms with Crippen molar-refractivity contribution in [3.05, 3.63) is 82.4 Å². The van der Waals surface area contributed by atoms with Gasteiger partial charge in [0.25, 0.3) is 5.91 Å². The molecule has 0 atom stereocenters. The van der Waals surface area contributed by atoms with E-state index >= 15 is 0 Å². The Bertz CT molecular complexity index is 1180. The quantitative estimate of drug-likeness (QED) is 0.332. The SMILES string of the molecule is O=C(COc1ccc(Cl)cc1Cl)Nc1ccc(Nc2nc(-c3ccncc3)cs2)cc1. The molecule has 4 aromatic rings. The maximum absolute atomic E-state index is 12.1. The number of ether oxygens (including phenoxy) is 1. The monoisotopic (exact) mass is 470 g/mol. The highest BCUT2D eigenvalue weighted by atomic mass is 35.5. The van der Waals surface area contributed by atoms with Gasteiger partial charge < -0.3 is 15.4 Å². The van der Waals surface area contributed by atoms with Crippen LogP contribution in [0.25, 0.3) is 11.3 Å². The highest BCUT2D eigenvalue weighted by molar-refractivity contribution is 7.14. The molecule has 0 saturated heterocycles. The van der Waals surface area contributed by atoms with Gasteiger partial charge in [0.05, 0.1) is 10.7 Å². The normalized spacial score (nSPS) is 10.5. The van der Waals surface area contributed by atoms with Crippen LogP contribution in [0.5, 0.6) is 5.75 Å². The molecule has 156 valence electrons. The van der Waals surface area contributed by atoms with Crippen LogP contribution in [0.4, 0.5) is 16.5 Å². The van der Waals surface area contributed by atoms with Crippen LogP contribution in [0.2, 0.25) is 10.0 Å². The van der Waals surface area contributed by atoms with Crippen molar-refractivity contribution in [1.82, 2.24) is 9.97 Å². The van der Waals surface area contributed by atoms with Crippen LogP contribution >= 0.6 is 34.5 Å². The molecule has 2 N–H and O–H groups in total. The summed E-state index contributed by atoms with van der Waals surface area (Å²) in [6, 6.07) is 16.0. The molecule has 0 bridgehead atoms. The summed E-state index contributed by atoms with van der Waals surface area (Å²) in [7, 11) is 0. The van der Waals surface area contributed by atoms with Crippen molar-refractivity contribution >= 4 is 57.0 Å². The minimum Gasteiger partial charge on any atom is -0.482 e. The Kier molecular flexibility index (Phi) is 6.66. The Hall–Kier alpha value is -3.13. The van der Waals surface area contributed by atoms with E-state index in [4.69, 9.17) is 27.9 Å². The van der Waals surface area contributed by atoms with Crippen LogP contribution in [0.3, 0.4) is 0 Å². The second-order valence-electron chi connectivity index (χ2n) is 6.39. The molecule has 31 heavy (non-hydrogen) atoms. The third kappa shape index (κ3) is 5.73. The number of benzene rings is 2. The first kappa shape index (κ1) is 21.1. The Morgan fingerprint density at radius 1 is 1.00 bits per heavy atom. The van der Waals surface area contributed by atoms with E-state index in [9.17, 15) is 4.79 Å². The van der Waals surface area contributed by atoms with Crippen LogP contribution < -0.4 is 15.4 Å². The van der Waals surface area contributed by atoms with Crippen LogP contribution in [0.1, 0.15) is 0 Å². The second-order valence-corrected chi connectivity index (χ2v) is 8.09. The Labute approximate surface area is 192 Å². The zero-order chi connectivity index (χ0) is 21.6. The van der Waals surface area contributed by atoms with E-state index in [-0.39, 0.29) is 12.5 Å². The van der Waals surface area contributed by atoms with Gasteiger partial charge in [0.1, 0.15) is 5.75 Å². The van der Waals surface area contributed by atoms with Gasteiger partial charge in [-0.05, 0) is 54.6 Å². The lowest BCUT2D eigenvalue weighted by Crippen LogP contribution is -2.20. The smallest absolute Gasteiger partial charge is 0.262 e. The fourth-order valence-corrected chi connectivity index (χ4v) is 3.88. The molecule has 1 amide bonds. The molecule has 0 spiro atoms. The van der Waals surface area contributed by atoms with Crippen LogP contribution in [0.15, 0.2) is 72.4 Å². The molecule has 0 aliphatic rings. The summed E-state index contributed by atoms with van der Waals surface area (Å²) in [5.41, 5.74) is 3.41. The van der Waals surface area contributed by atoms with E-state index in [1.807, 2.05) is 29.6 Å². The zero-order valence-electron chi connectivity index (χ0n) is 16.0. The maximum Gasteiger partial charge on any atom is 0.262 e. The molecule has 0 fully saturated rings. The number of pyridine rings is 1.